The zero-order chi connectivity index (χ0) is 28.4. The van der Waals surface area contributed by atoms with E-state index in [0.717, 1.165) is 41.3 Å². The van der Waals surface area contributed by atoms with Gasteiger partial charge in [0.15, 0.2) is 0 Å². The van der Waals surface area contributed by atoms with E-state index in [2.05, 4.69) is 36.2 Å². The predicted molar refractivity (Wildman–Crippen MR) is 159 cm³/mol. The number of carbonyl (C=O) groups excluding carboxylic acids is 3. The molecule has 3 atom stereocenters. The highest BCUT2D eigenvalue weighted by Gasteiger charge is 2.32. The molecule has 0 aromatic heterocycles. The lowest BCUT2D eigenvalue weighted by Crippen LogP contribution is -2.43. The van der Waals surface area contributed by atoms with Crippen molar-refractivity contribution < 1.29 is 23.5 Å². The minimum atomic E-state index is -3.59. The Hall–Kier alpha value is -3.04. The van der Waals surface area contributed by atoms with E-state index in [0.29, 0.717) is 18.5 Å². The molecule has 3 N–H and O–H groups in total. The Morgan fingerprint density at radius 3 is 2.38 bits per heavy atom. The van der Waals surface area contributed by atoms with Gasteiger partial charge in [-0.3, -0.25) is 28.4 Å². The number of likely N-dealkylation sites (tertiary alicyclic amines) is 1. The number of benzene rings is 3. The number of ketones is 2. The molecule has 0 bridgehead atoms. The lowest BCUT2D eigenvalue weighted by molar-refractivity contribution is -0.144. The van der Waals surface area contributed by atoms with Gasteiger partial charge in [-0.15, -0.1) is 0 Å². The van der Waals surface area contributed by atoms with Crippen LogP contribution in [0.25, 0.3) is 10.8 Å². The average molecular weight is 563 g/mol. The highest BCUT2D eigenvalue weighted by atomic mass is 32.3. The first-order chi connectivity index (χ1) is 19.1. The molecule has 0 radical (unpaired) electrons. The minimum Gasteiger partial charge on any atom is -0.342 e. The van der Waals surface area contributed by atoms with Gasteiger partial charge in [-0.1, -0.05) is 55.0 Å². The van der Waals surface area contributed by atoms with Crippen LogP contribution in [0.5, 0.6) is 0 Å². The first kappa shape index (κ1) is 28.5. The summed E-state index contributed by atoms with van der Waals surface area (Å²) in [6, 6.07) is 19.4. The second-order valence-corrected chi connectivity index (χ2v) is 13.4. The number of rotatable bonds is 8. The van der Waals surface area contributed by atoms with Gasteiger partial charge in [0.25, 0.3) is 11.7 Å². The van der Waals surface area contributed by atoms with Crippen molar-refractivity contribution in [3.05, 3.63) is 77.4 Å². The van der Waals surface area contributed by atoms with Crippen LogP contribution in [0, 0.1) is 0 Å². The monoisotopic (exact) mass is 562 g/mol. The molecule has 1 heterocycles. The van der Waals surface area contributed by atoms with E-state index in [1.807, 2.05) is 30.3 Å². The summed E-state index contributed by atoms with van der Waals surface area (Å²) in [7, 11) is -3.59. The maximum Gasteiger partial charge on any atom is 0.296 e. The number of carbonyl (C=O) groups is 3. The number of aryl methyl sites for hydroxylation is 1. The Morgan fingerprint density at radius 1 is 0.900 bits per heavy atom. The quantitative estimate of drug-likeness (QED) is 0.228. The van der Waals surface area contributed by atoms with Gasteiger partial charge in [0.2, 0.25) is 5.78 Å². The molecule has 1 amide bonds. The summed E-state index contributed by atoms with van der Waals surface area (Å²) >= 11 is 0. The highest BCUT2D eigenvalue weighted by Crippen LogP contribution is 2.48. The molecule has 1 fully saturated rings. The number of amides is 1. The van der Waals surface area contributed by atoms with Gasteiger partial charge < -0.3 is 5.32 Å². The smallest absolute Gasteiger partial charge is 0.296 e. The third-order valence-electron chi connectivity index (χ3n) is 8.46. The molecule has 0 saturated carbocycles. The first-order valence-corrected chi connectivity index (χ1v) is 15.8. The molecule has 2 aliphatic rings. The highest BCUT2D eigenvalue weighted by molar-refractivity contribution is 8.25. The van der Waals surface area contributed by atoms with Crippen molar-refractivity contribution in [3.63, 3.8) is 0 Å². The molecule has 40 heavy (non-hydrogen) atoms. The summed E-state index contributed by atoms with van der Waals surface area (Å²) in [6.45, 7) is 5.47. The van der Waals surface area contributed by atoms with Crippen LogP contribution in [0.3, 0.4) is 0 Å². The van der Waals surface area contributed by atoms with Crippen molar-refractivity contribution in [2.24, 2.45) is 0 Å². The zero-order valence-corrected chi connectivity index (χ0v) is 24.0. The molecule has 5 rings (SSSR count). The minimum absolute atomic E-state index is 0.165. The Balaban J connectivity index is 1.23. The van der Waals surface area contributed by atoms with Crippen LogP contribution in [-0.2, 0) is 27.3 Å². The number of piperidine rings is 1. The van der Waals surface area contributed by atoms with Crippen molar-refractivity contribution in [2.75, 3.05) is 5.75 Å². The fourth-order valence-corrected chi connectivity index (χ4v) is 7.43. The molecule has 7 nitrogen and oxygen atoms in total. The molecular formula is C32H38N2O5S. The second kappa shape index (κ2) is 11.8. The number of Topliss-reactive ketones (excluding diaryl/α,β-unsaturated/α-hetero) is 2. The Morgan fingerprint density at radius 2 is 1.62 bits per heavy atom. The molecule has 3 aromatic carbocycles. The summed E-state index contributed by atoms with van der Waals surface area (Å²) in [4.78, 5) is 40.9. The lowest BCUT2D eigenvalue weighted by atomic mass is 9.86. The summed E-state index contributed by atoms with van der Waals surface area (Å²) in [5.74, 6) is -4.19. The summed E-state index contributed by atoms with van der Waals surface area (Å²) in [6.07, 6.45) is 6.14. The third kappa shape index (κ3) is 6.15. The Kier molecular flexibility index (Phi) is 8.42. The van der Waals surface area contributed by atoms with Gasteiger partial charge in [-0.05, 0) is 85.5 Å². The molecule has 3 aromatic rings. The van der Waals surface area contributed by atoms with Crippen molar-refractivity contribution in [2.45, 2.75) is 81.9 Å². The van der Waals surface area contributed by atoms with E-state index in [1.165, 1.54) is 30.9 Å². The molecular weight excluding hydrogens is 524 g/mol. The first-order valence-electron chi connectivity index (χ1n) is 14.1. The topological polar surface area (TPSA) is 107 Å². The van der Waals surface area contributed by atoms with E-state index >= 15 is 0 Å². The van der Waals surface area contributed by atoms with Crippen LogP contribution in [0.1, 0.15) is 68.7 Å². The van der Waals surface area contributed by atoms with Gasteiger partial charge in [0, 0.05) is 18.6 Å². The van der Waals surface area contributed by atoms with E-state index in [-0.39, 0.29) is 10.9 Å². The van der Waals surface area contributed by atoms with Crippen LogP contribution in [0.4, 0.5) is 0 Å². The fraction of sp³-hybridized carbons (Fsp3) is 0.406. The fourth-order valence-electron chi connectivity index (χ4n) is 6.17. The van der Waals surface area contributed by atoms with E-state index in [9.17, 15) is 23.5 Å². The predicted octanol–water partition coefficient (Wildman–Crippen LogP) is 6.04. The van der Waals surface area contributed by atoms with Gasteiger partial charge in [-0.2, -0.15) is 10.6 Å². The standard InChI is InChI=1S/C32H38N2O5S/c1-21-7-5-8-22(2)34(21)19-23-13-16-28-26(17-23)11-6-12-29(28)33-32(37)31(36)30(35)20-40(38,39)27-15-14-24-9-3-4-10-25(24)18-27/h3-4,9-10,13-18,21-22,29,38-39H,5-8,11-12,19-20H2,1-2H3,(H,33,37)/t21-,22?,29?/m1/s1. The average Bonchev–Trinajstić information content (AvgIpc) is 2.94. The van der Waals surface area contributed by atoms with E-state index < -0.39 is 33.8 Å². The van der Waals surface area contributed by atoms with Gasteiger partial charge in [0.05, 0.1) is 10.9 Å². The maximum atomic E-state index is 12.8. The van der Waals surface area contributed by atoms with Gasteiger partial charge >= 0.3 is 0 Å². The molecule has 0 spiro atoms. The SMILES string of the molecule is CC1CCC[C@@H](C)N1Cc1ccc2c(c1)CCCC2NC(=O)C(=O)C(=O)CS(O)(O)c1ccc2ccccc2c1. The molecule has 1 aliphatic carbocycles. The maximum absolute atomic E-state index is 12.8. The number of hydrogen-bond donors (Lipinski definition) is 3. The molecule has 212 valence electrons. The Labute approximate surface area is 237 Å². The van der Waals surface area contributed by atoms with Crippen LogP contribution in [0.15, 0.2) is 65.6 Å². The third-order valence-corrected chi connectivity index (χ3v) is 10.1. The largest absolute Gasteiger partial charge is 0.342 e. The Bertz CT molecular complexity index is 1430. The van der Waals surface area contributed by atoms with E-state index in [1.54, 1.807) is 12.1 Å². The van der Waals surface area contributed by atoms with Crippen molar-refractivity contribution >= 4 is 38.8 Å². The zero-order valence-electron chi connectivity index (χ0n) is 23.1. The molecule has 2 unspecified atom stereocenters. The van der Waals surface area contributed by atoms with Gasteiger partial charge in [0.1, 0.15) is 5.75 Å². The number of nitrogens with one attached hydrogen (secondary N) is 1. The summed E-state index contributed by atoms with van der Waals surface area (Å²) in [5.41, 5.74) is 3.39. The number of fused-ring (bicyclic) bond motifs is 2. The van der Waals surface area contributed by atoms with Crippen molar-refractivity contribution in [1.29, 1.82) is 0 Å². The normalized spacial score (nSPS) is 21.9. The second-order valence-electron chi connectivity index (χ2n) is 11.3. The molecule has 8 heteroatoms. The number of nitrogens with zero attached hydrogens (tertiary/aromatic N) is 1. The van der Waals surface area contributed by atoms with Crippen molar-refractivity contribution in [1.82, 2.24) is 10.2 Å². The van der Waals surface area contributed by atoms with Crippen LogP contribution in [0.2, 0.25) is 0 Å². The van der Waals surface area contributed by atoms with Gasteiger partial charge in [-0.25, -0.2) is 0 Å². The number of hydrogen-bond acceptors (Lipinski definition) is 6. The van der Waals surface area contributed by atoms with Crippen LogP contribution < -0.4 is 5.32 Å². The van der Waals surface area contributed by atoms with Crippen LogP contribution in [-0.4, -0.2) is 49.3 Å². The van der Waals surface area contributed by atoms with Crippen molar-refractivity contribution in [3.8, 4) is 0 Å². The van der Waals surface area contributed by atoms with E-state index in [4.69, 9.17) is 0 Å². The molecule has 1 aliphatic heterocycles. The van der Waals surface area contributed by atoms with Crippen LogP contribution >= 0.6 is 10.6 Å². The summed E-state index contributed by atoms with van der Waals surface area (Å²) in [5, 5.41) is 4.45. The lowest BCUT2D eigenvalue weighted by Gasteiger charge is -2.39. The molecule has 1 saturated heterocycles. The summed E-state index contributed by atoms with van der Waals surface area (Å²) < 4.78 is 21.4.